The molecule has 0 radical (unpaired) electrons. The van der Waals surface area contributed by atoms with Gasteiger partial charge in [-0.2, -0.15) is 0 Å². The van der Waals surface area contributed by atoms with Crippen LogP contribution in [0.4, 0.5) is 0 Å². The Hall–Kier alpha value is -2.04. The highest BCUT2D eigenvalue weighted by Crippen LogP contribution is 2.20. The number of rotatable bonds is 7. The van der Waals surface area contributed by atoms with E-state index in [0.717, 1.165) is 17.5 Å². The van der Waals surface area contributed by atoms with Crippen LogP contribution in [0.25, 0.3) is 0 Å². The van der Waals surface area contributed by atoms with E-state index in [2.05, 4.69) is 10.6 Å². The van der Waals surface area contributed by atoms with Crippen LogP contribution in [0.3, 0.4) is 0 Å². The maximum Gasteiger partial charge on any atom is 0.239 e. The molecule has 0 aliphatic heterocycles. The van der Waals surface area contributed by atoms with Crippen molar-refractivity contribution in [3.05, 3.63) is 29.3 Å². The van der Waals surface area contributed by atoms with Gasteiger partial charge in [-0.05, 0) is 37.0 Å². The standard InChI is InChI=1S/C14H20N2O3/c1-3-12-5-4-11(7-13(12)18)6-10(2)16-14(19)8-15-9-17/h4-5,7,9-10,18H,3,6,8H2,1-2H3,(H,15,17)(H,16,19). The zero-order valence-electron chi connectivity index (χ0n) is 11.3. The summed E-state index contributed by atoms with van der Waals surface area (Å²) < 4.78 is 0. The molecule has 1 aromatic rings. The SMILES string of the molecule is CCc1ccc(CC(C)NC(=O)CNC=O)cc1O. The van der Waals surface area contributed by atoms with Crippen molar-refractivity contribution in [2.75, 3.05) is 6.54 Å². The van der Waals surface area contributed by atoms with E-state index in [1.54, 1.807) is 6.07 Å². The first-order valence-corrected chi connectivity index (χ1v) is 6.34. The predicted octanol–water partition coefficient (Wildman–Crippen LogP) is 0.748. The van der Waals surface area contributed by atoms with Gasteiger partial charge in [0.25, 0.3) is 0 Å². The molecule has 19 heavy (non-hydrogen) atoms. The Bertz CT molecular complexity index is 446. The lowest BCUT2D eigenvalue weighted by atomic mass is 10.0. The summed E-state index contributed by atoms with van der Waals surface area (Å²) in [6, 6.07) is 5.51. The number of phenols is 1. The van der Waals surface area contributed by atoms with Gasteiger partial charge in [-0.3, -0.25) is 9.59 Å². The first kappa shape index (κ1) is 15.0. The van der Waals surface area contributed by atoms with Gasteiger partial charge in [-0.25, -0.2) is 0 Å². The lowest BCUT2D eigenvalue weighted by Crippen LogP contribution is -2.39. The zero-order valence-corrected chi connectivity index (χ0v) is 11.3. The molecule has 1 aromatic carbocycles. The number of aromatic hydroxyl groups is 1. The van der Waals surface area contributed by atoms with Crippen LogP contribution in [-0.4, -0.2) is 30.0 Å². The van der Waals surface area contributed by atoms with Crippen molar-refractivity contribution in [1.82, 2.24) is 10.6 Å². The summed E-state index contributed by atoms with van der Waals surface area (Å²) >= 11 is 0. The van der Waals surface area contributed by atoms with Gasteiger partial charge in [0.2, 0.25) is 12.3 Å². The molecule has 0 aliphatic carbocycles. The van der Waals surface area contributed by atoms with E-state index >= 15 is 0 Å². The van der Waals surface area contributed by atoms with Crippen LogP contribution >= 0.6 is 0 Å². The predicted molar refractivity (Wildman–Crippen MR) is 72.9 cm³/mol. The number of hydrogen-bond acceptors (Lipinski definition) is 3. The molecule has 1 atom stereocenters. The molecule has 5 nitrogen and oxygen atoms in total. The van der Waals surface area contributed by atoms with Crippen molar-refractivity contribution in [1.29, 1.82) is 0 Å². The summed E-state index contributed by atoms with van der Waals surface area (Å²) in [5.41, 5.74) is 1.88. The van der Waals surface area contributed by atoms with Gasteiger partial charge in [0, 0.05) is 6.04 Å². The molecule has 0 saturated heterocycles. The molecule has 104 valence electrons. The molecule has 0 bridgehead atoms. The smallest absolute Gasteiger partial charge is 0.239 e. The van der Waals surface area contributed by atoms with Crippen LogP contribution in [-0.2, 0) is 22.4 Å². The molecular formula is C14H20N2O3. The molecule has 0 spiro atoms. The fourth-order valence-corrected chi connectivity index (χ4v) is 1.90. The highest BCUT2D eigenvalue weighted by atomic mass is 16.3. The second kappa shape index (κ2) is 7.41. The number of nitrogens with one attached hydrogen (secondary N) is 2. The summed E-state index contributed by atoms with van der Waals surface area (Å²) in [4.78, 5) is 21.5. The molecule has 0 heterocycles. The largest absolute Gasteiger partial charge is 0.508 e. The second-order valence-electron chi connectivity index (χ2n) is 4.49. The normalized spacial score (nSPS) is 11.7. The average Bonchev–Trinajstić information content (AvgIpc) is 2.36. The van der Waals surface area contributed by atoms with Gasteiger partial charge >= 0.3 is 0 Å². The third kappa shape index (κ3) is 4.99. The van der Waals surface area contributed by atoms with Crippen LogP contribution in [0.15, 0.2) is 18.2 Å². The first-order valence-electron chi connectivity index (χ1n) is 6.34. The highest BCUT2D eigenvalue weighted by Gasteiger charge is 2.09. The minimum absolute atomic E-state index is 0.0200. The zero-order chi connectivity index (χ0) is 14.3. The Morgan fingerprint density at radius 2 is 2.21 bits per heavy atom. The Morgan fingerprint density at radius 1 is 1.47 bits per heavy atom. The summed E-state index contributed by atoms with van der Waals surface area (Å²) in [5.74, 6) is 0.0650. The monoisotopic (exact) mass is 264 g/mol. The average molecular weight is 264 g/mol. The summed E-state index contributed by atoms with van der Waals surface area (Å²) in [6.45, 7) is 3.84. The molecule has 1 unspecified atom stereocenters. The number of phenolic OH excluding ortho intramolecular Hbond substituents is 1. The van der Waals surface area contributed by atoms with Crippen LogP contribution in [0.1, 0.15) is 25.0 Å². The molecule has 0 aliphatic rings. The first-order chi connectivity index (χ1) is 9.06. The van der Waals surface area contributed by atoms with E-state index in [9.17, 15) is 14.7 Å². The van der Waals surface area contributed by atoms with E-state index in [4.69, 9.17) is 0 Å². The third-order valence-corrected chi connectivity index (χ3v) is 2.83. The number of benzene rings is 1. The van der Waals surface area contributed by atoms with Crippen molar-refractivity contribution in [3.8, 4) is 5.75 Å². The summed E-state index contributed by atoms with van der Waals surface area (Å²) in [6.07, 6.45) is 1.91. The van der Waals surface area contributed by atoms with Crippen LogP contribution in [0, 0.1) is 0 Å². The van der Waals surface area contributed by atoms with Crippen molar-refractivity contribution >= 4 is 12.3 Å². The van der Waals surface area contributed by atoms with Gasteiger partial charge in [0.05, 0.1) is 6.54 Å². The number of carbonyl (C=O) groups excluding carboxylic acids is 2. The van der Waals surface area contributed by atoms with Gasteiger partial charge in [-0.15, -0.1) is 0 Å². The second-order valence-corrected chi connectivity index (χ2v) is 4.49. The van der Waals surface area contributed by atoms with Crippen LogP contribution in [0.5, 0.6) is 5.75 Å². The topological polar surface area (TPSA) is 78.4 Å². The number of carbonyl (C=O) groups is 2. The van der Waals surface area contributed by atoms with Crippen molar-refractivity contribution in [3.63, 3.8) is 0 Å². The molecule has 2 amide bonds. The molecule has 5 heteroatoms. The number of aryl methyl sites for hydroxylation is 1. The maximum atomic E-state index is 11.4. The summed E-state index contributed by atoms with van der Waals surface area (Å²) in [7, 11) is 0. The maximum absolute atomic E-state index is 11.4. The minimum Gasteiger partial charge on any atom is -0.508 e. The molecular weight excluding hydrogens is 244 g/mol. The third-order valence-electron chi connectivity index (χ3n) is 2.83. The fraction of sp³-hybridized carbons (Fsp3) is 0.429. The molecule has 0 fully saturated rings. The van der Waals surface area contributed by atoms with E-state index in [0.29, 0.717) is 18.6 Å². The lowest BCUT2D eigenvalue weighted by Gasteiger charge is -2.14. The van der Waals surface area contributed by atoms with Gasteiger partial charge in [0.15, 0.2) is 0 Å². The fourth-order valence-electron chi connectivity index (χ4n) is 1.90. The van der Waals surface area contributed by atoms with Crippen LogP contribution < -0.4 is 10.6 Å². The van der Waals surface area contributed by atoms with Crippen molar-refractivity contribution in [2.24, 2.45) is 0 Å². The molecule has 3 N–H and O–H groups in total. The number of amides is 2. The van der Waals surface area contributed by atoms with E-state index in [-0.39, 0.29) is 18.5 Å². The molecule has 1 rings (SSSR count). The van der Waals surface area contributed by atoms with Crippen molar-refractivity contribution < 1.29 is 14.7 Å². The van der Waals surface area contributed by atoms with Gasteiger partial charge < -0.3 is 15.7 Å². The van der Waals surface area contributed by atoms with Gasteiger partial charge in [-0.1, -0.05) is 19.1 Å². The van der Waals surface area contributed by atoms with Gasteiger partial charge in [0.1, 0.15) is 5.75 Å². The Kier molecular flexibility index (Phi) is 5.85. The molecule has 0 aromatic heterocycles. The van der Waals surface area contributed by atoms with E-state index in [1.165, 1.54) is 0 Å². The Balaban J connectivity index is 2.52. The minimum atomic E-state index is -0.228. The quantitative estimate of drug-likeness (QED) is 0.636. The number of hydrogen-bond donors (Lipinski definition) is 3. The van der Waals surface area contributed by atoms with E-state index < -0.39 is 0 Å². The van der Waals surface area contributed by atoms with Crippen molar-refractivity contribution in [2.45, 2.75) is 32.7 Å². The lowest BCUT2D eigenvalue weighted by molar-refractivity contribution is -0.122. The molecule has 0 saturated carbocycles. The highest BCUT2D eigenvalue weighted by molar-refractivity contribution is 5.80. The van der Waals surface area contributed by atoms with E-state index in [1.807, 2.05) is 26.0 Å². The Labute approximate surface area is 113 Å². The van der Waals surface area contributed by atoms with Crippen LogP contribution in [0.2, 0.25) is 0 Å². The Morgan fingerprint density at radius 3 is 2.79 bits per heavy atom. The summed E-state index contributed by atoms with van der Waals surface area (Å²) in [5, 5.41) is 14.8.